The van der Waals surface area contributed by atoms with Gasteiger partial charge in [0.05, 0.1) is 5.56 Å². The summed E-state index contributed by atoms with van der Waals surface area (Å²) in [6, 6.07) is 18.6. The highest BCUT2D eigenvalue weighted by atomic mass is 16.5. The first-order valence-corrected chi connectivity index (χ1v) is 13.5. The molecule has 4 heteroatoms. The lowest BCUT2D eigenvalue weighted by molar-refractivity contribution is 0.0909. The van der Waals surface area contributed by atoms with E-state index in [1.54, 1.807) is 0 Å². The molecule has 0 spiro atoms. The molecule has 184 valence electrons. The number of nitrogens with zero attached hydrogens (tertiary/aromatic N) is 2. The molecule has 1 atom stereocenters. The van der Waals surface area contributed by atoms with E-state index in [1.807, 2.05) is 24.3 Å². The van der Waals surface area contributed by atoms with Crippen LogP contribution in [-0.4, -0.2) is 61.0 Å². The van der Waals surface area contributed by atoms with Crippen LogP contribution >= 0.6 is 0 Å². The molecule has 2 aromatic carbocycles. The Morgan fingerprint density at radius 3 is 2.29 bits per heavy atom. The van der Waals surface area contributed by atoms with Gasteiger partial charge in [-0.1, -0.05) is 62.2 Å². The molecule has 2 heterocycles. The first kappa shape index (κ1) is 24.9. The second-order valence-corrected chi connectivity index (χ2v) is 10.2. The number of carbonyl (C=O) groups is 1. The molecule has 0 aliphatic carbocycles. The van der Waals surface area contributed by atoms with Crippen molar-refractivity contribution in [2.24, 2.45) is 0 Å². The lowest BCUT2D eigenvalue weighted by Gasteiger charge is -2.34. The van der Waals surface area contributed by atoms with Crippen molar-refractivity contribution in [2.75, 3.05) is 39.3 Å². The monoisotopic (exact) mass is 462 g/mol. The van der Waals surface area contributed by atoms with E-state index in [0.717, 1.165) is 56.8 Å². The fourth-order valence-electron chi connectivity index (χ4n) is 5.42. The van der Waals surface area contributed by atoms with Crippen molar-refractivity contribution >= 4 is 5.78 Å². The van der Waals surface area contributed by atoms with Crippen LogP contribution in [-0.2, 0) is 0 Å². The molecule has 2 aliphatic heterocycles. The summed E-state index contributed by atoms with van der Waals surface area (Å²) in [5, 5.41) is 0. The van der Waals surface area contributed by atoms with Crippen molar-refractivity contribution in [3.63, 3.8) is 0 Å². The lowest BCUT2D eigenvalue weighted by Crippen LogP contribution is -2.40. The molecule has 0 radical (unpaired) electrons. The SMILES string of the molecule is CC(CN1CCC(Oc2ccccc2C(=O)CCCN2CCCCCC2)CC1)c1ccccc1. The van der Waals surface area contributed by atoms with Gasteiger partial charge in [0.25, 0.3) is 0 Å². The molecular formula is C30H42N2O2. The van der Waals surface area contributed by atoms with Gasteiger partial charge in [0, 0.05) is 26.1 Å². The van der Waals surface area contributed by atoms with Gasteiger partial charge in [-0.05, 0) is 75.4 Å². The Labute approximate surface area is 206 Å². The van der Waals surface area contributed by atoms with Crippen molar-refractivity contribution in [2.45, 2.75) is 70.3 Å². The van der Waals surface area contributed by atoms with Crippen molar-refractivity contribution in [3.8, 4) is 5.75 Å². The zero-order valence-electron chi connectivity index (χ0n) is 21.0. The van der Waals surface area contributed by atoms with Gasteiger partial charge in [-0.25, -0.2) is 0 Å². The summed E-state index contributed by atoms with van der Waals surface area (Å²) in [6.45, 7) is 8.92. The van der Waals surface area contributed by atoms with E-state index in [0.29, 0.717) is 12.3 Å². The van der Waals surface area contributed by atoms with Crippen molar-refractivity contribution in [1.29, 1.82) is 0 Å². The van der Waals surface area contributed by atoms with E-state index in [-0.39, 0.29) is 11.9 Å². The number of benzene rings is 2. The van der Waals surface area contributed by atoms with Gasteiger partial charge in [0.1, 0.15) is 11.9 Å². The Morgan fingerprint density at radius 2 is 1.56 bits per heavy atom. The van der Waals surface area contributed by atoms with Gasteiger partial charge >= 0.3 is 0 Å². The maximum Gasteiger partial charge on any atom is 0.166 e. The van der Waals surface area contributed by atoms with E-state index in [4.69, 9.17) is 4.74 Å². The number of rotatable bonds is 10. The third-order valence-corrected chi connectivity index (χ3v) is 7.49. The quantitative estimate of drug-likeness (QED) is 0.395. The van der Waals surface area contributed by atoms with E-state index in [9.17, 15) is 4.79 Å². The zero-order valence-corrected chi connectivity index (χ0v) is 21.0. The number of piperidine rings is 1. The second kappa shape index (κ2) is 13.1. The van der Waals surface area contributed by atoms with Crippen LogP contribution in [0.2, 0.25) is 0 Å². The fraction of sp³-hybridized carbons (Fsp3) is 0.567. The minimum absolute atomic E-state index is 0.189. The van der Waals surface area contributed by atoms with Gasteiger partial charge in [0.2, 0.25) is 0 Å². The van der Waals surface area contributed by atoms with Crippen LogP contribution in [0.5, 0.6) is 5.75 Å². The number of carbonyl (C=O) groups excluding carboxylic acids is 1. The summed E-state index contributed by atoms with van der Waals surface area (Å²) in [5.74, 6) is 1.53. The molecule has 0 aromatic heterocycles. The van der Waals surface area contributed by atoms with Crippen molar-refractivity contribution in [1.82, 2.24) is 9.80 Å². The molecule has 1 unspecified atom stereocenters. The Balaban J connectivity index is 1.23. The molecule has 0 bridgehead atoms. The maximum absolute atomic E-state index is 13.0. The standard InChI is InChI=1S/C30H42N2O2/c1-25(26-12-5-4-6-13-26)24-32-22-17-27(18-23-32)34-30-16-8-7-14-28(30)29(33)15-11-21-31-19-9-2-3-10-20-31/h4-8,12-14,16,25,27H,2-3,9-11,15,17-24H2,1H3. The molecular weight excluding hydrogens is 420 g/mol. The lowest BCUT2D eigenvalue weighted by atomic mass is 9.99. The summed E-state index contributed by atoms with van der Waals surface area (Å²) < 4.78 is 6.40. The molecule has 2 aromatic rings. The molecule has 0 saturated carbocycles. The summed E-state index contributed by atoms with van der Waals surface area (Å²) in [6.07, 6.45) is 9.06. The minimum atomic E-state index is 0.189. The topological polar surface area (TPSA) is 32.8 Å². The number of likely N-dealkylation sites (tertiary alicyclic amines) is 2. The van der Waals surface area contributed by atoms with Gasteiger partial charge in [-0.15, -0.1) is 0 Å². The van der Waals surface area contributed by atoms with Crippen LogP contribution in [0.4, 0.5) is 0 Å². The predicted octanol–water partition coefficient (Wildman–Crippen LogP) is 6.17. The van der Waals surface area contributed by atoms with Crippen LogP contribution in [0.1, 0.15) is 80.1 Å². The second-order valence-electron chi connectivity index (χ2n) is 10.2. The smallest absolute Gasteiger partial charge is 0.166 e. The molecule has 2 aliphatic rings. The zero-order chi connectivity index (χ0) is 23.6. The molecule has 2 fully saturated rings. The van der Waals surface area contributed by atoms with Crippen LogP contribution in [0, 0.1) is 0 Å². The Bertz CT molecular complexity index is 868. The average Bonchev–Trinajstić information content (AvgIpc) is 3.15. The van der Waals surface area contributed by atoms with Crippen LogP contribution < -0.4 is 4.74 Å². The number of Topliss-reactive ketones (excluding diaryl/α,β-unsaturated/α-hetero) is 1. The normalized spacial score (nSPS) is 19.4. The first-order valence-electron chi connectivity index (χ1n) is 13.5. The first-order chi connectivity index (χ1) is 16.7. The number of hydrogen-bond donors (Lipinski definition) is 0. The number of hydrogen-bond acceptors (Lipinski definition) is 4. The Hall–Kier alpha value is -2.17. The van der Waals surface area contributed by atoms with Crippen LogP contribution in [0.15, 0.2) is 54.6 Å². The van der Waals surface area contributed by atoms with Gasteiger partial charge in [-0.2, -0.15) is 0 Å². The largest absolute Gasteiger partial charge is 0.490 e. The third-order valence-electron chi connectivity index (χ3n) is 7.49. The molecule has 4 rings (SSSR count). The fourth-order valence-corrected chi connectivity index (χ4v) is 5.42. The highest BCUT2D eigenvalue weighted by molar-refractivity contribution is 5.98. The maximum atomic E-state index is 13.0. The van der Waals surface area contributed by atoms with E-state index >= 15 is 0 Å². The highest BCUT2D eigenvalue weighted by Gasteiger charge is 2.23. The predicted molar refractivity (Wildman–Crippen MR) is 140 cm³/mol. The van der Waals surface area contributed by atoms with Crippen LogP contribution in [0.3, 0.4) is 0 Å². The van der Waals surface area contributed by atoms with Crippen molar-refractivity contribution < 1.29 is 9.53 Å². The third kappa shape index (κ3) is 7.41. The molecule has 34 heavy (non-hydrogen) atoms. The van der Waals surface area contributed by atoms with Crippen LogP contribution in [0.25, 0.3) is 0 Å². The van der Waals surface area contributed by atoms with Crippen molar-refractivity contribution in [3.05, 3.63) is 65.7 Å². The summed E-state index contributed by atoms with van der Waals surface area (Å²) >= 11 is 0. The number of ether oxygens (including phenoxy) is 1. The summed E-state index contributed by atoms with van der Waals surface area (Å²) in [7, 11) is 0. The summed E-state index contributed by atoms with van der Waals surface area (Å²) in [4.78, 5) is 18.1. The van der Waals surface area contributed by atoms with E-state index in [1.165, 1.54) is 44.3 Å². The number of para-hydroxylation sites is 1. The highest BCUT2D eigenvalue weighted by Crippen LogP contribution is 2.26. The number of ketones is 1. The Morgan fingerprint density at radius 1 is 0.882 bits per heavy atom. The summed E-state index contributed by atoms with van der Waals surface area (Å²) in [5.41, 5.74) is 2.17. The molecule has 0 amide bonds. The van der Waals surface area contributed by atoms with Gasteiger partial charge in [0.15, 0.2) is 5.78 Å². The average molecular weight is 463 g/mol. The molecule has 4 nitrogen and oxygen atoms in total. The Kier molecular flexibility index (Phi) is 9.58. The van der Waals surface area contributed by atoms with Gasteiger partial charge < -0.3 is 14.5 Å². The molecule has 2 saturated heterocycles. The van der Waals surface area contributed by atoms with E-state index < -0.39 is 0 Å². The van der Waals surface area contributed by atoms with Gasteiger partial charge in [-0.3, -0.25) is 4.79 Å². The van der Waals surface area contributed by atoms with E-state index in [2.05, 4.69) is 47.1 Å². The molecule has 0 N–H and O–H groups in total. The minimum Gasteiger partial charge on any atom is -0.490 e.